The maximum Gasteiger partial charge on any atom is -0.0264 e. The van der Waals surface area contributed by atoms with Crippen molar-refractivity contribution in [3.8, 4) is 0 Å². The van der Waals surface area contributed by atoms with E-state index < -0.39 is 0 Å². The van der Waals surface area contributed by atoms with Crippen LogP contribution >= 0.6 is 0 Å². The minimum atomic E-state index is 0.667. The molecule has 3 rings (SSSR count). The van der Waals surface area contributed by atoms with Crippen molar-refractivity contribution < 1.29 is 0 Å². The molecule has 3 saturated carbocycles. The van der Waals surface area contributed by atoms with E-state index in [1.165, 1.54) is 57.8 Å². The monoisotopic (exact) mass is 388 g/mol. The molecule has 0 saturated heterocycles. The summed E-state index contributed by atoms with van der Waals surface area (Å²) in [6.07, 6.45) is 21.0. The van der Waals surface area contributed by atoms with Crippen LogP contribution in [0.25, 0.3) is 0 Å². The van der Waals surface area contributed by atoms with Crippen molar-refractivity contribution in [2.75, 3.05) is 0 Å². The number of hydrogen-bond acceptors (Lipinski definition) is 0. The lowest BCUT2D eigenvalue weighted by Gasteiger charge is -2.57. The quantitative estimate of drug-likeness (QED) is 0.345. The highest BCUT2D eigenvalue weighted by Gasteiger charge is 2.57. The van der Waals surface area contributed by atoms with Crippen LogP contribution in [0.15, 0.2) is 0 Å². The van der Waals surface area contributed by atoms with Crippen molar-refractivity contribution in [1.29, 1.82) is 0 Å². The van der Waals surface area contributed by atoms with Crippen LogP contribution in [0.1, 0.15) is 131 Å². The van der Waals surface area contributed by atoms with Gasteiger partial charge in [0.1, 0.15) is 0 Å². The van der Waals surface area contributed by atoms with E-state index in [1.807, 2.05) is 0 Å². The van der Waals surface area contributed by atoms with Crippen molar-refractivity contribution >= 4 is 0 Å². The summed E-state index contributed by atoms with van der Waals surface area (Å²) in [5.41, 5.74) is 1.33. The van der Waals surface area contributed by atoms with Gasteiger partial charge in [0.2, 0.25) is 0 Å². The van der Waals surface area contributed by atoms with E-state index >= 15 is 0 Å². The Balaban J connectivity index is 1.66. The molecule has 28 heavy (non-hydrogen) atoms. The molecular formula is C28H52. The third kappa shape index (κ3) is 4.51. The highest BCUT2D eigenvalue weighted by atomic mass is 14.6. The zero-order chi connectivity index (χ0) is 20.4. The molecule has 3 aliphatic rings. The third-order valence-corrected chi connectivity index (χ3v) is 10.2. The number of rotatable bonds is 9. The summed E-state index contributed by atoms with van der Waals surface area (Å²) in [5.74, 6) is 6.00. The Bertz CT molecular complexity index is 478. The van der Waals surface area contributed by atoms with E-state index in [-0.39, 0.29) is 0 Å². The second-order valence-corrected chi connectivity index (χ2v) is 12.4. The first kappa shape index (κ1) is 22.7. The van der Waals surface area contributed by atoms with E-state index in [1.54, 1.807) is 32.1 Å². The SMILES string of the molecule is CCCCCC1(C)CCCC2C1CCC1(C)C(C(C)CCCC(C)C)CCC21. The first-order valence-electron chi connectivity index (χ1n) is 13.3. The molecule has 0 aromatic carbocycles. The molecule has 0 heterocycles. The molecular weight excluding hydrogens is 336 g/mol. The third-order valence-electron chi connectivity index (χ3n) is 10.2. The van der Waals surface area contributed by atoms with E-state index in [4.69, 9.17) is 0 Å². The minimum absolute atomic E-state index is 0.667. The average molecular weight is 389 g/mol. The van der Waals surface area contributed by atoms with Crippen LogP contribution in [0.4, 0.5) is 0 Å². The Morgan fingerprint density at radius 2 is 1.61 bits per heavy atom. The summed E-state index contributed by atoms with van der Waals surface area (Å²) in [7, 11) is 0. The summed E-state index contributed by atoms with van der Waals surface area (Å²) in [4.78, 5) is 0. The average Bonchev–Trinajstić information content (AvgIpc) is 2.99. The van der Waals surface area contributed by atoms with Crippen molar-refractivity contribution in [2.45, 2.75) is 131 Å². The summed E-state index contributed by atoms with van der Waals surface area (Å²) in [6, 6.07) is 0. The predicted molar refractivity (Wildman–Crippen MR) is 124 cm³/mol. The van der Waals surface area contributed by atoms with E-state index in [0.29, 0.717) is 10.8 Å². The van der Waals surface area contributed by atoms with E-state index in [9.17, 15) is 0 Å². The zero-order valence-electron chi connectivity index (χ0n) is 20.4. The molecule has 0 spiro atoms. The Hall–Kier alpha value is 0. The fourth-order valence-corrected chi connectivity index (χ4v) is 8.60. The van der Waals surface area contributed by atoms with Crippen LogP contribution in [0.5, 0.6) is 0 Å². The molecule has 0 N–H and O–H groups in total. The van der Waals surface area contributed by atoms with Crippen LogP contribution < -0.4 is 0 Å². The van der Waals surface area contributed by atoms with Crippen molar-refractivity contribution in [1.82, 2.24) is 0 Å². The molecule has 164 valence electrons. The fourth-order valence-electron chi connectivity index (χ4n) is 8.60. The lowest BCUT2D eigenvalue weighted by Crippen LogP contribution is -2.49. The number of hydrogen-bond donors (Lipinski definition) is 0. The molecule has 3 fully saturated rings. The van der Waals surface area contributed by atoms with Gasteiger partial charge >= 0.3 is 0 Å². The molecule has 0 aromatic heterocycles. The fraction of sp³-hybridized carbons (Fsp3) is 1.00. The molecule has 3 aliphatic carbocycles. The van der Waals surface area contributed by atoms with E-state index in [2.05, 4.69) is 41.5 Å². The first-order chi connectivity index (χ1) is 13.3. The lowest BCUT2D eigenvalue weighted by atomic mass is 9.48. The van der Waals surface area contributed by atoms with Crippen LogP contribution in [0, 0.1) is 46.3 Å². The molecule has 0 aliphatic heterocycles. The van der Waals surface area contributed by atoms with Gasteiger partial charge in [0.25, 0.3) is 0 Å². The van der Waals surface area contributed by atoms with Gasteiger partial charge in [-0.25, -0.2) is 0 Å². The van der Waals surface area contributed by atoms with Gasteiger partial charge in [-0.15, -0.1) is 0 Å². The van der Waals surface area contributed by atoms with Gasteiger partial charge in [-0.2, -0.15) is 0 Å². The van der Waals surface area contributed by atoms with Crippen LogP contribution in [0.3, 0.4) is 0 Å². The standard InChI is InChI=1S/C28H52/c1-7-8-9-18-27(5)19-11-14-23-25(27)17-20-28(6)24(15-16-26(23)28)22(4)13-10-12-21(2)3/h21-26H,7-20H2,1-6H3. The van der Waals surface area contributed by atoms with Crippen LogP contribution in [-0.4, -0.2) is 0 Å². The maximum atomic E-state index is 2.74. The first-order valence-corrected chi connectivity index (χ1v) is 13.3. The predicted octanol–water partition coefficient (Wildman–Crippen LogP) is 9.28. The Morgan fingerprint density at radius 1 is 0.821 bits per heavy atom. The Labute approximate surface area is 178 Å². The normalized spacial score (nSPS) is 41.7. The Kier molecular flexibility index (Phi) is 7.64. The van der Waals surface area contributed by atoms with Crippen molar-refractivity contribution in [3.63, 3.8) is 0 Å². The van der Waals surface area contributed by atoms with Gasteiger partial charge < -0.3 is 0 Å². The summed E-state index contributed by atoms with van der Waals surface area (Å²) < 4.78 is 0. The highest BCUT2D eigenvalue weighted by Crippen LogP contribution is 2.66. The lowest BCUT2D eigenvalue weighted by molar-refractivity contribution is -0.0780. The summed E-state index contributed by atoms with van der Waals surface area (Å²) in [6.45, 7) is 15.2. The maximum absolute atomic E-state index is 2.74. The van der Waals surface area contributed by atoms with Gasteiger partial charge in [-0.05, 0) is 91.3 Å². The number of fused-ring (bicyclic) bond motifs is 3. The minimum Gasteiger partial charge on any atom is -0.0654 e. The van der Waals surface area contributed by atoms with Crippen molar-refractivity contribution in [3.05, 3.63) is 0 Å². The topological polar surface area (TPSA) is 0 Å². The van der Waals surface area contributed by atoms with Crippen LogP contribution in [0.2, 0.25) is 0 Å². The molecule has 0 radical (unpaired) electrons. The molecule has 7 unspecified atom stereocenters. The van der Waals surface area contributed by atoms with Gasteiger partial charge in [0.05, 0.1) is 0 Å². The molecule has 7 atom stereocenters. The van der Waals surface area contributed by atoms with E-state index in [0.717, 1.165) is 35.5 Å². The van der Waals surface area contributed by atoms with Gasteiger partial charge in [0.15, 0.2) is 0 Å². The molecule has 0 bridgehead atoms. The molecule has 0 nitrogen and oxygen atoms in total. The zero-order valence-corrected chi connectivity index (χ0v) is 20.4. The summed E-state index contributed by atoms with van der Waals surface area (Å²) >= 11 is 0. The summed E-state index contributed by atoms with van der Waals surface area (Å²) in [5, 5.41) is 0. The molecule has 0 amide bonds. The van der Waals surface area contributed by atoms with Gasteiger partial charge in [0, 0.05) is 0 Å². The number of unbranched alkanes of at least 4 members (excludes halogenated alkanes) is 2. The Morgan fingerprint density at radius 3 is 2.32 bits per heavy atom. The highest BCUT2D eigenvalue weighted by molar-refractivity contribution is 5.07. The second-order valence-electron chi connectivity index (χ2n) is 12.4. The largest absolute Gasteiger partial charge is 0.0654 e. The van der Waals surface area contributed by atoms with Crippen molar-refractivity contribution in [2.24, 2.45) is 46.3 Å². The second kappa shape index (κ2) is 9.43. The van der Waals surface area contributed by atoms with Gasteiger partial charge in [-0.1, -0.05) is 86.5 Å². The smallest absolute Gasteiger partial charge is 0.0264 e. The molecule has 0 heteroatoms. The molecule has 0 aromatic rings. The van der Waals surface area contributed by atoms with Crippen LogP contribution in [-0.2, 0) is 0 Å². The van der Waals surface area contributed by atoms with Gasteiger partial charge in [-0.3, -0.25) is 0 Å².